The molecule has 5 heteroatoms. The highest BCUT2D eigenvalue weighted by Gasteiger charge is 2.02. The van der Waals surface area contributed by atoms with Gasteiger partial charge in [0.25, 0.3) is 0 Å². The molecule has 0 atom stereocenters. The van der Waals surface area contributed by atoms with Crippen molar-refractivity contribution in [3.05, 3.63) is 93.1 Å². The van der Waals surface area contributed by atoms with Crippen LogP contribution in [0.3, 0.4) is 0 Å². The van der Waals surface area contributed by atoms with Gasteiger partial charge < -0.3 is 14.9 Å². The molecule has 1 N–H and O–H groups in total. The van der Waals surface area contributed by atoms with Crippen molar-refractivity contribution < 1.29 is 9.47 Å². The summed E-state index contributed by atoms with van der Waals surface area (Å²) in [5, 5.41) is 4.33. The van der Waals surface area contributed by atoms with Gasteiger partial charge in [-0.1, -0.05) is 42.5 Å². The summed E-state index contributed by atoms with van der Waals surface area (Å²) >= 11 is 2.30. The second-order valence-corrected chi connectivity index (χ2v) is 7.10. The summed E-state index contributed by atoms with van der Waals surface area (Å²) < 4.78 is 12.5. The van der Waals surface area contributed by atoms with Crippen LogP contribution in [0.25, 0.3) is 0 Å². The van der Waals surface area contributed by atoms with Crippen molar-refractivity contribution in [1.82, 2.24) is 5.43 Å². The summed E-state index contributed by atoms with van der Waals surface area (Å²) in [4.78, 5) is 0. The number of nitrogens with zero attached hydrogens (tertiary/aromatic N) is 1. The highest BCUT2D eigenvalue weighted by atomic mass is 127. The smallest absolute Gasteiger partial charge is 0.128 e. The Morgan fingerprint density at radius 1 is 0.926 bits per heavy atom. The van der Waals surface area contributed by atoms with E-state index >= 15 is 0 Å². The fourth-order valence-corrected chi connectivity index (χ4v) is 2.91. The van der Waals surface area contributed by atoms with Gasteiger partial charge in [0.05, 0.1) is 19.9 Å². The van der Waals surface area contributed by atoms with Crippen LogP contribution in [0.4, 0.5) is 0 Å². The van der Waals surface area contributed by atoms with Crippen LogP contribution in [0, 0.1) is 3.57 Å². The van der Waals surface area contributed by atoms with Gasteiger partial charge in [-0.3, -0.25) is 0 Å². The van der Waals surface area contributed by atoms with Gasteiger partial charge in [-0.15, -0.1) is 0 Å². The van der Waals surface area contributed by atoms with Gasteiger partial charge in [0.1, 0.15) is 18.1 Å². The third kappa shape index (κ3) is 5.72. The molecule has 3 aromatic rings. The molecule has 0 aliphatic carbocycles. The molecular formula is C22H21IN2O2. The quantitative estimate of drug-likeness (QED) is 0.285. The van der Waals surface area contributed by atoms with Crippen molar-refractivity contribution in [1.29, 1.82) is 0 Å². The zero-order valence-corrected chi connectivity index (χ0v) is 17.2. The molecule has 0 amide bonds. The molecule has 0 fully saturated rings. The predicted molar refractivity (Wildman–Crippen MR) is 117 cm³/mol. The molecule has 3 rings (SSSR count). The van der Waals surface area contributed by atoms with Gasteiger partial charge in [0, 0.05) is 14.7 Å². The minimum atomic E-state index is 0.524. The number of rotatable bonds is 8. The third-order valence-electron chi connectivity index (χ3n) is 3.98. The Hall–Kier alpha value is -2.54. The lowest BCUT2D eigenvalue weighted by molar-refractivity contribution is 0.306. The highest BCUT2D eigenvalue weighted by molar-refractivity contribution is 14.1. The molecule has 0 bridgehead atoms. The van der Waals surface area contributed by atoms with E-state index < -0.39 is 0 Å². The number of halogens is 1. The number of nitrogens with one attached hydrogen (secondary N) is 1. The molecule has 0 spiro atoms. The Morgan fingerprint density at radius 2 is 1.63 bits per heavy atom. The second kappa shape index (κ2) is 9.97. The van der Waals surface area contributed by atoms with Crippen molar-refractivity contribution in [3.63, 3.8) is 0 Å². The lowest BCUT2D eigenvalue weighted by Crippen LogP contribution is -2.07. The van der Waals surface area contributed by atoms with Crippen LogP contribution < -0.4 is 14.9 Å². The minimum Gasteiger partial charge on any atom is -0.496 e. The molecule has 0 saturated carbocycles. The van der Waals surface area contributed by atoms with Crippen LogP contribution in [0.2, 0.25) is 0 Å². The van der Waals surface area contributed by atoms with Gasteiger partial charge in [-0.2, -0.15) is 5.10 Å². The standard InChI is InChI=1S/C22H21IN2O2/c1-26-21-8-4-2-6-18(21)14-24-25-15-19-7-3-5-9-22(19)27-16-17-10-12-20(23)13-11-17/h2-13,15,24H,14,16H2,1H3/b25-15-. The molecule has 138 valence electrons. The fourth-order valence-electron chi connectivity index (χ4n) is 2.56. The summed E-state index contributed by atoms with van der Waals surface area (Å²) in [6.45, 7) is 1.11. The van der Waals surface area contributed by atoms with E-state index in [1.165, 1.54) is 3.57 Å². The lowest BCUT2D eigenvalue weighted by atomic mass is 10.2. The van der Waals surface area contributed by atoms with E-state index in [4.69, 9.17) is 9.47 Å². The molecule has 27 heavy (non-hydrogen) atoms. The topological polar surface area (TPSA) is 42.8 Å². The van der Waals surface area contributed by atoms with Crippen molar-refractivity contribution in [2.75, 3.05) is 7.11 Å². The zero-order chi connectivity index (χ0) is 18.9. The molecule has 0 radical (unpaired) electrons. The normalized spacial score (nSPS) is 10.7. The predicted octanol–water partition coefficient (Wildman–Crippen LogP) is 5.00. The molecule has 0 unspecified atom stereocenters. The summed E-state index contributed by atoms with van der Waals surface area (Å²) in [7, 11) is 1.67. The van der Waals surface area contributed by atoms with E-state index in [0.29, 0.717) is 13.2 Å². The number of hydrogen-bond acceptors (Lipinski definition) is 4. The van der Waals surface area contributed by atoms with E-state index in [1.807, 2.05) is 48.5 Å². The van der Waals surface area contributed by atoms with Crippen LogP contribution >= 0.6 is 22.6 Å². The molecule has 0 aliphatic heterocycles. The first kappa shape index (κ1) is 19.2. The molecule has 3 aromatic carbocycles. The van der Waals surface area contributed by atoms with Gasteiger partial charge in [-0.25, -0.2) is 0 Å². The maximum Gasteiger partial charge on any atom is 0.128 e. The number of hydrogen-bond donors (Lipinski definition) is 1. The Morgan fingerprint density at radius 3 is 2.41 bits per heavy atom. The van der Waals surface area contributed by atoms with E-state index in [2.05, 4.69) is 57.4 Å². The van der Waals surface area contributed by atoms with Crippen LogP contribution in [0.15, 0.2) is 77.9 Å². The van der Waals surface area contributed by atoms with Crippen LogP contribution in [0.1, 0.15) is 16.7 Å². The van der Waals surface area contributed by atoms with Crippen molar-refractivity contribution in [3.8, 4) is 11.5 Å². The number of ether oxygens (including phenoxy) is 2. The average Bonchev–Trinajstić information content (AvgIpc) is 2.72. The molecule has 4 nitrogen and oxygen atoms in total. The SMILES string of the molecule is COc1ccccc1CN/N=C\c1ccccc1OCc1ccc(I)cc1. The second-order valence-electron chi connectivity index (χ2n) is 5.86. The molecule has 0 aliphatic rings. The number of benzene rings is 3. The van der Waals surface area contributed by atoms with Crippen LogP contribution in [0.5, 0.6) is 11.5 Å². The van der Waals surface area contributed by atoms with E-state index in [1.54, 1.807) is 13.3 Å². The van der Waals surface area contributed by atoms with Gasteiger partial charge in [-0.05, 0) is 58.5 Å². The summed E-state index contributed by atoms with van der Waals surface area (Å²) in [6.07, 6.45) is 1.78. The fraction of sp³-hybridized carbons (Fsp3) is 0.136. The Bertz CT molecular complexity index is 895. The monoisotopic (exact) mass is 472 g/mol. The molecular weight excluding hydrogens is 451 g/mol. The lowest BCUT2D eigenvalue weighted by Gasteiger charge is -2.10. The van der Waals surface area contributed by atoms with Crippen molar-refractivity contribution >= 4 is 28.8 Å². The number of methoxy groups -OCH3 is 1. The Kier molecular flexibility index (Phi) is 7.10. The number of para-hydroxylation sites is 2. The maximum absolute atomic E-state index is 5.97. The first-order chi connectivity index (χ1) is 13.3. The van der Waals surface area contributed by atoms with Gasteiger partial charge in [0.2, 0.25) is 0 Å². The maximum atomic E-state index is 5.97. The van der Waals surface area contributed by atoms with E-state index in [9.17, 15) is 0 Å². The average molecular weight is 472 g/mol. The van der Waals surface area contributed by atoms with E-state index in [0.717, 1.165) is 28.2 Å². The third-order valence-corrected chi connectivity index (χ3v) is 4.70. The minimum absolute atomic E-state index is 0.524. The molecule has 0 aromatic heterocycles. The van der Waals surface area contributed by atoms with Crippen molar-refractivity contribution in [2.24, 2.45) is 5.10 Å². The summed E-state index contributed by atoms with van der Waals surface area (Å²) in [5.74, 6) is 1.65. The van der Waals surface area contributed by atoms with Gasteiger partial charge in [0.15, 0.2) is 0 Å². The first-order valence-electron chi connectivity index (χ1n) is 8.60. The van der Waals surface area contributed by atoms with Crippen molar-refractivity contribution in [2.45, 2.75) is 13.2 Å². The Balaban J connectivity index is 1.60. The molecule has 0 saturated heterocycles. The summed E-state index contributed by atoms with van der Waals surface area (Å²) in [5.41, 5.74) is 6.18. The van der Waals surface area contributed by atoms with E-state index in [-0.39, 0.29) is 0 Å². The number of hydrazone groups is 1. The van der Waals surface area contributed by atoms with Crippen LogP contribution in [-0.2, 0) is 13.2 Å². The molecule has 0 heterocycles. The van der Waals surface area contributed by atoms with Crippen LogP contribution in [-0.4, -0.2) is 13.3 Å². The Labute approximate surface area is 173 Å². The highest BCUT2D eigenvalue weighted by Crippen LogP contribution is 2.19. The zero-order valence-electron chi connectivity index (χ0n) is 15.1. The van der Waals surface area contributed by atoms with Gasteiger partial charge >= 0.3 is 0 Å². The summed E-state index contributed by atoms with van der Waals surface area (Å²) in [6, 6.07) is 24.1. The first-order valence-corrected chi connectivity index (χ1v) is 9.68. The largest absolute Gasteiger partial charge is 0.496 e.